The van der Waals surface area contributed by atoms with Gasteiger partial charge in [-0.2, -0.15) is 0 Å². The second-order valence-electron chi connectivity index (χ2n) is 3.04. The van der Waals surface area contributed by atoms with Crippen LogP contribution in [0, 0.1) is 6.92 Å². The molecule has 1 heterocycles. The predicted octanol–water partition coefficient (Wildman–Crippen LogP) is 0.972. The van der Waals surface area contributed by atoms with Crippen molar-refractivity contribution in [3.05, 3.63) is 46.2 Å². The Bertz CT molecular complexity index is 327. The predicted molar refractivity (Wildman–Crippen MR) is 61.6 cm³/mol. The minimum atomic E-state index is 0. The smallest absolute Gasteiger partial charge is 0.149 e. The van der Waals surface area contributed by atoms with Crippen LogP contribution in [0.2, 0.25) is 0 Å². The molecule has 0 radical (unpaired) electrons. The molecular weight excluding hydrogens is 212 g/mol. The van der Waals surface area contributed by atoms with E-state index in [4.69, 9.17) is 0 Å². The lowest BCUT2D eigenvalue weighted by Crippen LogP contribution is -3.00. The van der Waals surface area contributed by atoms with Gasteiger partial charge in [0.15, 0.2) is 0 Å². The summed E-state index contributed by atoms with van der Waals surface area (Å²) in [5, 5.41) is 0. The van der Waals surface area contributed by atoms with Crippen molar-refractivity contribution in [3.63, 3.8) is 0 Å². The molecule has 1 rings (SSSR count). The molecule has 0 aliphatic carbocycles. The maximum Gasteiger partial charge on any atom is 0.149 e. The first-order valence-electron chi connectivity index (χ1n) is 4.62. The third-order valence-electron chi connectivity index (χ3n) is 2.17. The Kier molecular flexibility index (Phi) is 6.60. The molecule has 1 aromatic heterocycles. The zero-order valence-electron chi connectivity index (χ0n) is 8.96. The summed E-state index contributed by atoms with van der Waals surface area (Å²) in [5.41, 5.74) is 0. The number of hydrogen-bond donors (Lipinski definition) is 0. The fourth-order valence-corrected chi connectivity index (χ4v) is 2.64. The van der Waals surface area contributed by atoms with Crippen LogP contribution in [0.1, 0.15) is 16.7 Å². The highest BCUT2D eigenvalue weighted by molar-refractivity contribution is 7.29. The van der Waals surface area contributed by atoms with E-state index >= 15 is 0 Å². The van der Waals surface area contributed by atoms with Crippen LogP contribution in [0.25, 0.3) is 0 Å². The summed E-state index contributed by atoms with van der Waals surface area (Å²) in [5.74, 6) is 0. The van der Waals surface area contributed by atoms with Crippen LogP contribution in [0.5, 0.6) is 0 Å². The van der Waals surface area contributed by atoms with Gasteiger partial charge in [0.05, 0.1) is 0 Å². The van der Waals surface area contributed by atoms with Crippen molar-refractivity contribution < 1.29 is 12.4 Å². The molecule has 0 bridgehead atoms. The maximum absolute atomic E-state index is 2.30. The van der Waals surface area contributed by atoms with Gasteiger partial charge in [0.1, 0.15) is 16.0 Å². The van der Waals surface area contributed by atoms with Crippen molar-refractivity contribution in [1.82, 2.24) is 0 Å². The van der Waals surface area contributed by atoms with E-state index in [2.05, 4.69) is 56.5 Å². The Hall–Kier alpha value is -0.530. The third-order valence-corrected chi connectivity index (χ3v) is 4.48. The normalized spacial score (nSPS) is 10.1. The average Bonchev–Trinajstić information content (AvgIpc) is 2.21. The van der Waals surface area contributed by atoms with Crippen molar-refractivity contribution in [1.29, 1.82) is 0 Å². The van der Waals surface area contributed by atoms with Crippen molar-refractivity contribution in [2.75, 3.05) is 0 Å². The van der Waals surface area contributed by atoms with Crippen LogP contribution in [0.3, 0.4) is 0 Å². The highest BCUT2D eigenvalue weighted by atomic mass is 35.5. The molecule has 14 heavy (non-hydrogen) atoms. The minimum Gasteiger partial charge on any atom is -1.00 e. The quantitative estimate of drug-likeness (QED) is 0.629. The number of halogens is 1. The lowest BCUT2D eigenvalue weighted by molar-refractivity contribution is -0.00000283. The Morgan fingerprint density at radius 1 is 1.07 bits per heavy atom. The molecule has 0 aliphatic rings. The topological polar surface area (TPSA) is 0 Å². The molecule has 0 N–H and O–H groups in total. The van der Waals surface area contributed by atoms with Gasteiger partial charge in [-0.25, -0.2) is 0 Å². The van der Waals surface area contributed by atoms with Gasteiger partial charge >= 0.3 is 0 Å². The van der Waals surface area contributed by atoms with Crippen LogP contribution in [0.15, 0.2) is 36.4 Å². The lowest BCUT2D eigenvalue weighted by atomic mass is 10.4. The lowest BCUT2D eigenvalue weighted by Gasteiger charge is -1.90. The molecule has 0 spiro atoms. The van der Waals surface area contributed by atoms with E-state index < -0.39 is 0 Å². The molecule has 0 nitrogen and oxygen atoms in total. The van der Waals surface area contributed by atoms with Gasteiger partial charge in [-0.15, -0.1) is 0 Å². The van der Waals surface area contributed by atoms with Gasteiger partial charge in [-0.3, -0.25) is 0 Å². The van der Waals surface area contributed by atoms with Crippen molar-refractivity contribution >= 4 is 10.5 Å². The fourth-order valence-electron chi connectivity index (χ4n) is 1.23. The summed E-state index contributed by atoms with van der Waals surface area (Å²) in [7, 11) is 0.307. The zero-order chi connectivity index (χ0) is 9.68. The van der Waals surface area contributed by atoms with Crippen LogP contribution in [-0.4, -0.2) is 0 Å². The minimum absolute atomic E-state index is 0. The molecule has 78 valence electrons. The number of rotatable bonds is 1. The molecule has 2 heteroatoms. The first kappa shape index (κ1) is 13.5. The van der Waals surface area contributed by atoms with Crippen molar-refractivity contribution in [3.8, 4) is 0 Å². The third kappa shape index (κ3) is 3.69. The van der Waals surface area contributed by atoms with E-state index in [1.165, 1.54) is 9.75 Å². The molecule has 0 aliphatic heterocycles. The molecule has 0 saturated carbocycles. The Balaban J connectivity index is 0.00000169. The van der Waals surface area contributed by atoms with Crippen molar-refractivity contribution in [2.24, 2.45) is 6.26 Å². The Labute approximate surface area is 95.7 Å². The molecular formula is C12H17ClS. The maximum atomic E-state index is 2.30. The molecule has 1 unspecified atom stereocenters. The molecule has 0 amide bonds. The first-order valence-corrected chi connectivity index (χ1v) is 6.25. The summed E-state index contributed by atoms with van der Waals surface area (Å²) < 4.78 is 0. The van der Waals surface area contributed by atoms with E-state index in [1.54, 1.807) is 0 Å². The van der Waals surface area contributed by atoms with Crippen LogP contribution >= 0.6 is 10.5 Å². The zero-order valence-corrected chi connectivity index (χ0v) is 10.5. The number of hydrogen-bond acceptors (Lipinski definition) is 0. The van der Waals surface area contributed by atoms with Crippen molar-refractivity contribution in [2.45, 2.75) is 20.3 Å². The van der Waals surface area contributed by atoms with E-state index in [1.807, 2.05) is 0 Å². The summed E-state index contributed by atoms with van der Waals surface area (Å²) in [6.45, 7) is 4.43. The molecule has 0 fully saturated rings. The van der Waals surface area contributed by atoms with E-state index in [9.17, 15) is 0 Å². The largest absolute Gasteiger partial charge is 1.00 e. The average molecular weight is 229 g/mol. The molecule has 0 saturated heterocycles. The van der Waals surface area contributed by atoms with Crippen LogP contribution in [-0.2, 0) is 12.7 Å². The second-order valence-corrected chi connectivity index (χ2v) is 5.23. The summed E-state index contributed by atoms with van der Waals surface area (Å²) >= 11 is 0. The summed E-state index contributed by atoms with van der Waals surface area (Å²) in [6.07, 6.45) is 3.45. The SMILES string of the molecule is CCc1ccccccc(C)[s+]1C.[Cl-]. The van der Waals surface area contributed by atoms with E-state index in [0.29, 0.717) is 10.5 Å². The molecule has 1 atom stereocenters. The van der Waals surface area contributed by atoms with Crippen LogP contribution in [0.4, 0.5) is 0 Å². The summed E-state index contributed by atoms with van der Waals surface area (Å²) in [4.78, 5) is 3.00. The standard InChI is InChI=1S/C12H17S.ClH/c1-4-12-10-8-6-5-7-9-11(2)13(12)3;/h5-10H,4H2,1-3H3;1H/q+1;/p-1. The second kappa shape index (κ2) is 6.86. The highest BCUT2D eigenvalue weighted by Crippen LogP contribution is 2.22. The molecule has 1 aromatic rings. The van der Waals surface area contributed by atoms with Gasteiger partial charge in [0.2, 0.25) is 0 Å². The van der Waals surface area contributed by atoms with E-state index in [0.717, 1.165) is 6.42 Å². The van der Waals surface area contributed by atoms with Gasteiger partial charge in [0.25, 0.3) is 0 Å². The number of aryl methyl sites for hydroxylation is 2. The Morgan fingerprint density at radius 3 is 2.21 bits per heavy atom. The first-order chi connectivity index (χ1) is 6.25. The highest BCUT2D eigenvalue weighted by Gasteiger charge is 2.03. The monoisotopic (exact) mass is 228 g/mol. The van der Waals surface area contributed by atoms with Gasteiger partial charge in [-0.1, -0.05) is 31.2 Å². The van der Waals surface area contributed by atoms with Gasteiger partial charge < -0.3 is 12.4 Å². The van der Waals surface area contributed by atoms with Gasteiger partial charge in [0, 0.05) is 13.3 Å². The fraction of sp³-hybridized carbons (Fsp3) is 0.333. The van der Waals surface area contributed by atoms with Gasteiger partial charge in [-0.05, 0) is 22.6 Å². The summed E-state index contributed by atoms with van der Waals surface area (Å²) in [6, 6.07) is 12.9. The van der Waals surface area contributed by atoms with Crippen LogP contribution < -0.4 is 12.4 Å². The Morgan fingerprint density at radius 2 is 1.64 bits per heavy atom. The van der Waals surface area contributed by atoms with E-state index in [-0.39, 0.29) is 12.4 Å². The molecule has 0 aromatic carbocycles.